The standard InChI is InChI=1S/C48H54N6O11S/c1-22(2)37(52-46(58)25(5)50-33(56)15-14-27-12-10-9-11-13-27)47(59)51-29-20-66-45-36-35(44-43(63-21-64-44)24(4)42(36)65-26(6)55)32(19-62-48(29)60)54-31(18-49)30-17-28-16-23(3)41(61-8)40(57)34(28)38(39(45)54)53(30)7/h9-16,22,25,29-32,37-39,45,57H,17,19-21H2,1-8H3,(H,50,56)(H,51,59)(H,52,58)/b15-14+/t25?,29-,30-,31-,32-,37?,38+,39?,45+/m0/s1. The predicted octanol–water partition coefficient (Wildman–Crippen LogP) is 4.08. The molecule has 2 saturated heterocycles. The number of amides is 3. The average Bonchev–Trinajstić information content (AvgIpc) is 3.77. The number of carbonyl (C=O) groups excluding carboxylic acids is 5. The summed E-state index contributed by atoms with van der Waals surface area (Å²) in [5.41, 5.74) is 4.71. The molecule has 4 bridgehead atoms. The van der Waals surface area contributed by atoms with Gasteiger partial charge >= 0.3 is 11.9 Å². The molecule has 0 spiro atoms. The molecule has 3 amide bonds. The number of hydrogen-bond donors (Lipinski definition) is 4. The van der Waals surface area contributed by atoms with Crippen molar-refractivity contribution in [2.75, 3.05) is 33.3 Å². The molecule has 0 saturated carbocycles. The van der Waals surface area contributed by atoms with Gasteiger partial charge in [-0.2, -0.15) is 5.26 Å². The third-order valence-electron chi connectivity index (χ3n) is 13.2. The Morgan fingerprint density at radius 2 is 1.73 bits per heavy atom. The number of fused-ring (bicyclic) bond motifs is 10. The molecule has 18 heteroatoms. The van der Waals surface area contributed by atoms with E-state index in [-0.39, 0.29) is 36.7 Å². The number of thioether (sulfide) groups is 1. The number of likely N-dealkylation sites (N-methyl/N-ethyl adjacent to an activating group) is 1. The van der Waals surface area contributed by atoms with Crippen molar-refractivity contribution in [1.29, 1.82) is 5.26 Å². The van der Waals surface area contributed by atoms with Crippen molar-refractivity contribution in [2.45, 2.75) is 102 Å². The van der Waals surface area contributed by atoms with Crippen molar-refractivity contribution in [3.8, 4) is 34.8 Å². The van der Waals surface area contributed by atoms with Crippen LogP contribution in [0.1, 0.15) is 84.0 Å². The van der Waals surface area contributed by atoms with Gasteiger partial charge < -0.3 is 44.7 Å². The number of phenols is 1. The molecule has 0 radical (unpaired) electrons. The molecule has 348 valence electrons. The highest BCUT2D eigenvalue weighted by molar-refractivity contribution is 7.99. The van der Waals surface area contributed by atoms with Gasteiger partial charge in [0.2, 0.25) is 24.5 Å². The van der Waals surface area contributed by atoms with Gasteiger partial charge in [0, 0.05) is 53.1 Å². The second kappa shape index (κ2) is 18.5. The summed E-state index contributed by atoms with van der Waals surface area (Å²) in [6.45, 7) is 9.51. The van der Waals surface area contributed by atoms with E-state index in [0.717, 1.165) is 16.7 Å². The fourth-order valence-corrected chi connectivity index (χ4v) is 11.7. The second-order valence-corrected chi connectivity index (χ2v) is 18.8. The summed E-state index contributed by atoms with van der Waals surface area (Å²) in [4.78, 5) is 71.8. The van der Waals surface area contributed by atoms with Crippen LogP contribution in [-0.4, -0.2) is 114 Å². The largest absolute Gasteiger partial charge is 0.504 e. The fourth-order valence-electron chi connectivity index (χ4n) is 10.2. The number of nitriles is 1. The zero-order chi connectivity index (χ0) is 47.3. The van der Waals surface area contributed by atoms with Crippen molar-refractivity contribution in [3.05, 3.63) is 81.4 Å². The van der Waals surface area contributed by atoms with E-state index in [4.69, 9.17) is 23.7 Å². The Kier molecular flexibility index (Phi) is 13.0. The predicted molar refractivity (Wildman–Crippen MR) is 242 cm³/mol. The first kappa shape index (κ1) is 46.2. The van der Waals surface area contributed by atoms with Crippen LogP contribution in [0.3, 0.4) is 0 Å². The molecule has 6 aliphatic heterocycles. The van der Waals surface area contributed by atoms with Crippen LogP contribution in [0.25, 0.3) is 6.08 Å². The highest BCUT2D eigenvalue weighted by Crippen LogP contribution is 2.64. The van der Waals surface area contributed by atoms with Crippen molar-refractivity contribution >= 4 is 47.5 Å². The summed E-state index contributed by atoms with van der Waals surface area (Å²) in [6, 6.07) is 7.24. The van der Waals surface area contributed by atoms with Crippen LogP contribution in [0.2, 0.25) is 0 Å². The van der Waals surface area contributed by atoms with Crippen molar-refractivity contribution in [3.63, 3.8) is 0 Å². The summed E-state index contributed by atoms with van der Waals surface area (Å²) < 4.78 is 30.1. The Morgan fingerprint density at radius 3 is 2.41 bits per heavy atom. The number of carbonyl (C=O) groups is 5. The minimum absolute atomic E-state index is 0.0192. The van der Waals surface area contributed by atoms with Gasteiger partial charge in [-0.05, 0) is 62.9 Å². The van der Waals surface area contributed by atoms with E-state index < -0.39 is 83.1 Å². The van der Waals surface area contributed by atoms with Gasteiger partial charge in [-0.1, -0.05) is 50.2 Å². The van der Waals surface area contributed by atoms with Crippen LogP contribution < -0.4 is 34.9 Å². The summed E-state index contributed by atoms with van der Waals surface area (Å²) in [5, 5.41) is 30.7. The van der Waals surface area contributed by atoms with Crippen LogP contribution in [0.15, 0.2) is 42.5 Å². The lowest BCUT2D eigenvalue weighted by Crippen LogP contribution is -2.69. The quantitative estimate of drug-likeness (QED) is 0.128. The first-order valence-electron chi connectivity index (χ1n) is 21.9. The van der Waals surface area contributed by atoms with Gasteiger partial charge in [0.25, 0.3) is 0 Å². The Hall–Kier alpha value is -6.29. The number of aryl methyl sites for hydroxylation is 1. The number of benzene rings is 3. The van der Waals surface area contributed by atoms with E-state index in [1.165, 1.54) is 38.8 Å². The first-order valence-corrected chi connectivity index (χ1v) is 23.0. The number of nitrogens with zero attached hydrogens (tertiary/aromatic N) is 3. The molecule has 2 fully saturated rings. The maximum absolute atomic E-state index is 14.3. The zero-order valence-electron chi connectivity index (χ0n) is 38.0. The summed E-state index contributed by atoms with van der Waals surface area (Å²) >= 11 is 1.30. The number of nitrogens with one attached hydrogen (secondary N) is 3. The zero-order valence-corrected chi connectivity index (χ0v) is 38.8. The van der Waals surface area contributed by atoms with Gasteiger partial charge in [0.05, 0.1) is 30.5 Å². The van der Waals surface area contributed by atoms with Crippen LogP contribution >= 0.6 is 11.8 Å². The van der Waals surface area contributed by atoms with Gasteiger partial charge in [0.1, 0.15) is 36.5 Å². The Bertz CT molecular complexity index is 2550. The van der Waals surface area contributed by atoms with Gasteiger partial charge in [-0.25, -0.2) is 4.79 Å². The monoisotopic (exact) mass is 922 g/mol. The Morgan fingerprint density at radius 1 is 1.00 bits per heavy atom. The molecule has 3 unspecified atom stereocenters. The molecule has 9 atom stereocenters. The first-order chi connectivity index (χ1) is 31.6. The summed E-state index contributed by atoms with van der Waals surface area (Å²) in [6.07, 6.45) is 3.37. The van der Waals surface area contributed by atoms with Gasteiger partial charge in [-0.3, -0.25) is 29.0 Å². The van der Waals surface area contributed by atoms with E-state index >= 15 is 0 Å². The third-order valence-corrected chi connectivity index (χ3v) is 14.6. The Balaban J connectivity index is 1.16. The fraction of sp³-hybridized carbons (Fsp3) is 0.458. The van der Waals surface area contributed by atoms with E-state index in [1.54, 1.807) is 26.8 Å². The minimum atomic E-state index is -1.24. The van der Waals surface area contributed by atoms with E-state index in [9.17, 15) is 34.3 Å². The highest BCUT2D eigenvalue weighted by atomic mass is 32.2. The van der Waals surface area contributed by atoms with Crippen LogP contribution in [0, 0.1) is 31.1 Å². The molecule has 0 aromatic heterocycles. The maximum atomic E-state index is 14.3. The van der Waals surface area contributed by atoms with Crippen LogP contribution in [0.4, 0.5) is 0 Å². The molecule has 0 aliphatic carbocycles. The number of methoxy groups -OCH3 is 1. The molecule has 3 aromatic rings. The molecule has 9 rings (SSSR count). The number of hydrogen-bond acceptors (Lipinski definition) is 15. The number of ether oxygens (including phenoxy) is 5. The Labute approximate surface area is 387 Å². The number of rotatable bonds is 10. The lowest BCUT2D eigenvalue weighted by molar-refractivity contribution is -0.153. The molecule has 17 nitrogen and oxygen atoms in total. The maximum Gasteiger partial charge on any atom is 0.329 e. The van der Waals surface area contributed by atoms with E-state index in [2.05, 4.69) is 31.8 Å². The molecule has 6 heterocycles. The van der Waals surface area contributed by atoms with Crippen molar-refractivity contribution < 1.29 is 52.8 Å². The van der Waals surface area contributed by atoms with E-state index in [0.29, 0.717) is 45.9 Å². The van der Waals surface area contributed by atoms with Crippen LogP contribution in [0.5, 0.6) is 28.7 Å². The lowest BCUT2D eigenvalue weighted by atomic mass is 9.71. The second-order valence-electron chi connectivity index (χ2n) is 17.6. The molecular formula is C48H54N6O11S. The summed E-state index contributed by atoms with van der Waals surface area (Å²) in [7, 11) is 3.43. The average molecular weight is 923 g/mol. The SMILES string of the molecule is COc1c(C)cc2c(c1O)[C@@H]1C3[C@@H]4SC[C@H](NC(=O)C(NC(=O)C(C)NC(=O)/C=C/c5ccccc5)C(C)C)C(=O)OC[C@@H](c5c6c(c(C)c(OC(C)=O)c54)OCO6)N3[C@@H](C#N)[C@H](C2)N1C. The topological polar surface area (TPSA) is 218 Å². The lowest BCUT2D eigenvalue weighted by Gasteiger charge is -2.61. The molecular weight excluding hydrogens is 869 g/mol. The normalized spacial score (nSPS) is 25.0. The minimum Gasteiger partial charge on any atom is -0.504 e. The summed E-state index contributed by atoms with van der Waals surface area (Å²) in [5.74, 6) is -2.27. The van der Waals surface area contributed by atoms with Crippen LogP contribution in [-0.2, 0) is 35.1 Å². The third kappa shape index (κ3) is 8.17. The highest BCUT2D eigenvalue weighted by Gasteiger charge is 2.61. The van der Waals surface area contributed by atoms with Gasteiger partial charge in [-0.15, -0.1) is 11.8 Å². The number of aromatic hydroxyl groups is 1. The molecule has 4 N–H and O–H groups in total. The number of phenolic OH excluding ortho intramolecular Hbond substituents is 1. The number of esters is 2. The van der Waals surface area contributed by atoms with Crippen molar-refractivity contribution in [1.82, 2.24) is 25.8 Å². The molecule has 6 aliphatic rings. The van der Waals surface area contributed by atoms with Crippen molar-refractivity contribution in [2.24, 2.45) is 5.92 Å². The van der Waals surface area contributed by atoms with Gasteiger partial charge in [0.15, 0.2) is 23.0 Å². The smallest absolute Gasteiger partial charge is 0.329 e. The molecule has 66 heavy (non-hydrogen) atoms. The molecule has 3 aromatic carbocycles. The number of piperazine rings is 1. The van der Waals surface area contributed by atoms with E-state index in [1.807, 2.05) is 50.4 Å².